The van der Waals surface area contributed by atoms with Gasteiger partial charge in [-0.3, -0.25) is 9.59 Å². The van der Waals surface area contributed by atoms with Crippen LogP contribution in [0.2, 0.25) is 5.02 Å². The first-order chi connectivity index (χ1) is 8.50. The van der Waals surface area contributed by atoms with Crippen molar-refractivity contribution in [2.24, 2.45) is 0 Å². The molecule has 0 fully saturated rings. The zero-order chi connectivity index (χ0) is 13.5. The largest absolute Gasteiger partial charge is 0.392 e. The van der Waals surface area contributed by atoms with Gasteiger partial charge in [0.15, 0.2) is 0 Å². The molecule has 98 valence electrons. The third kappa shape index (κ3) is 4.73. The molecule has 0 unspecified atom stereocenters. The predicted octanol–water partition coefficient (Wildman–Crippen LogP) is 0.453. The van der Waals surface area contributed by atoms with E-state index in [4.69, 9.17) is 16.7 Å². The third-order valence-electron chi connectivity index (χ3n) is 2.16. The van der Waals surface area contributed by atoms with E-state index in [2.05, 4.69) is 10.6 Å². The van der Waals surface area contributed by atoms with Crippen LogP contribution >= 0.6 is 11.6 Å². The Bertz CT molecular complexity index is 435. The number of amides is 2. The number of aliphatic hydroxyl groups excluding tert-OH is 1. The van der Waals surface area contributed by atoms with Crippen LogP contribution in [0.1, 0.15) is 12.5 Å². The van der Waals surface area contributed by atoms with Crippen molar-refractivity contribution in [3.8, 4) is 0 Å². The summed E-state index contributed by atoms with van der Waals surface area (Å²) >= 11 is 5.91. The lowest BCUT2D eigenvalue weighted by Crippen LogP contribution is -2.42. The molecule has 0 saturated heterocycles. The molecule has 0 bridgehead atoms. The van der Waals surface area contributed by atoms with Gasteiger partial charge in [-0.05, 0) is 18.6 Å². The molecule has 0 spiro atoms. The highest BCUT2D eigenvalue weighted by atomic mass is 35.5. The van der Waals surface area contributed by atoms with Crippen LogP contribution in [0.5, 0.6) is 0 Å². The topological polar surface area (TPSA) is 78.4 Å². The Morgan fingerprint density at radius 1 is 1.28 bits per heavy atom. The number of rotatable bonds is 4. The van der Waals surface area contributed by atoms with Gasteiger partial charge in [0, 0.05) is 18.1 Å². The highest BCUT2D eigenvalue weighted by Gasteiger charge is 2.13. The first-order valence-electron chi connectivity index (χ1n) is 5.48. The number of halogens is 1. The van der Waals surface area contributed by atoms with Crippen LogP contribution in [-0.2, 0) is 16.1 Å². The SMILES string of the molecule is C[C@@H](O)CNC(=O)C(=O)NCc1ccccc1Cl. The maximum Gasteiger partial charge on any atom is 0.309 e. The fourth-order valence-corrected chi connectivity index (χ4v) is 1.42. The summed E-state index contributed by atoms with van der Waals surface area (Å²) in [7, 11) is 0. The smallest absolute Gasteiger partial charge is 0.309 e. The summed E-state index contributed by atoms with van der Waals surface area (Å²) < 4.78 is 0. The van der Waals surface area contributed by atoms with Crippen molar-refractivity contribution < 1.29 is 14.7 Å². The van der Waals surface area contributed by atoms with E-state index >= 15 is 0 Å². The van der Waals surface area contributed by atoms with E-state index in [-0.39, 0.29) is 13.1 Å². The first-order valence-corrected chi connectivity index (χ1v) is 5.86. The molecule has 0 saturated carbocycles. The van der Waals surface area contributed by atoms with Gasteiger partial charge in [0.1, 0.15) is 0 Å². The highest BCUT2D eigenvalue weighted by molar-refractivity contribution is 6.35. The van der Waals surface area contributed by atoms with Gasteiger partial charge in [-0.25, -0.2) is 0 Å². The Kier molecular flexibility index (Phi) is 5.61. The van der Waals surface area contributed by atoms with Crippen molar-refractivity contribution in [3.05, 3.63) is 34.9 Å². The van der Waals surface area contributed by atoms with E-state index in [1.807, 2.05) is 0 Å². The van der Waals surface area contributed by atoms with Crippen molar-refractivity contribution >= 4 is 23.4 Å². The number of hydrogen-bond acceptors (Lipinski definition) is 3. The van der Waals surface area contributed by atoms with E-state index in [9.17, 15) is 9.59 Å². The number of carbonyl (C=O) groups is 2. The van der Waals surface area contributed by atoms with E-state index in [0.29, 0.717) is 5.02 Å². The monoisotopic (exact) mass is 270 g/mol. The fourth-order valence-electron chi connectivity index (χ4n) is 1.22. The van der Waals surface area contributed by atoms with Gasteiger partial charge in [0.2, 0.25) is 0 Å². The predicted molar refractivity (Wildman–Crippen MR) is 68.0 cm³/mol. The van der Waals surface area contributed by atoms with Crippen molar-refractivity contribution in [2.75, 3.05) is 6.54 Å². The van der Waals surface area contributed by atoms with Crippen molar-refractivity contribution in [1.29, 1.82) is 0 Å². The van der Waals surface area contributed by atoms with Gasteiger partial charge in [-0.15, -0.1) is 0 Å². The maximum atomic E-state index is 11.4. The van der Waals surface area contributed by atoms with E-state index < -0.39 is 17.9 Å². The molecule has 1 aromatic carbocycles. The second kappa shape index (κ2) is 6.98. The van der Waals surface area contributed by atoms with Crippen LogP contribution < -0.4 is 10.6 Å². The Morgan fingerprint density at radius 3 is 2.50 bits per heavy atom. The molecular weight excluding hydrogens is 256 g/mol. The lowest BCUT2D eigenvalue weighted by Gasteiger charge is -2.08. The van der Waals surface area contributed by atoms with Crippen LogP contribution in [0.25, 0.3) is 0 Å². The molecule has 5 nitrogen and oxygen atoms in total. The Morgan fingerprint density at radius 2 is 1.89 bits per heavy atom. The van der Waals surface area contributed by atoms with Crippen molar-refractivity contribution in [3.63, 3.8) is 0 Å². The Hall–Kier alpha value is -1.59. The standard InChI is InChI=1S/C12H15ClN2O3/c1-8(16)6-14-11(17)12(18)15-7-9-4-2-3-5-10(9)13/h2-5,8,16H,6-7H2,1H3,(H,14,17)(H,15,18)/t8-/m1/s1. The van der Waals surface area contributed by atoms with Crippen LogP contribution in [0, 0.1) is 0 Å². The third-order valence-corrected chi connectivity index (χ3v) is 2.53. The second-order valence-corrected chi connectivity index (χ2v) is 4.24. The molecule has 0 aliphatic rings. The highest BCUT2D eigenvalue weighted by Crippen LogP contribution is 2.13. The molecule has 0 radical (unpaired) electrons. The lowest BCUT2D eigenvalue weighted by atomic mass is 10.2. The van der Waals surface area contributed by atoms with Crippen LogP contribution in [0.3, 0.4) is 0 Å². The number of benzene rings is 1. The summed E-state index contributed by atoms with van der Waals surface area (Å²) in [4.78, 5) is 22.7. The van der Waals surface area contributed by atoms with Crippen LogP contribution in [0.4, 0.5) is 0 Å². The lowest BCUT2D eigenvalue weighted by molar-refractivity contribution is -0.139. The van der Waals surface area contributed by atoms with Crippen LogP contribution in [0.15, 0.2) is 24.3 Å². The van der Waals surface area contributed by atoms with E-state index in [1.165, 1.54) is 6.92 Å². The summed E-state index contributed by atoms with van der Waals surface area (Å²) in [5, 5.41) is 14.2. The number of nitrogens with one attached hydrogen (secondary N) is 2. The molecule has 3 N–H and O–H groups in total. The van der Waals surface area contributed by atoms with Crippen molar-refractivity contribution in [2.45, 2.75) is 19.6 Å². The molecule has 6 heteroatoms. The van der Waals surface area contributed by atoms with Gasteiger partial charge in [0.05, 0.1) is 6.10 Å². The van der Waals surface area contributed by atoms with Gasteiger partial charge >= 0.3 is 11.8 Å². The van der Waals surface area contributed by atoms with Gasteiger partial charge < -0.3 is 15.7 Å². The van der Waals surface area contributed by atoms with Gasteiger partial charge in [-0.1, -0.05) is 29.8 Å². The molecule has 0 aromatic heterocycles. The zero-order valence-corrected chi connectivity index (χ0v) is 10.7. The number of carbonyl (C=O) groups excluding carboxylic acids is 2. The molecule has 2 amide bonds. The maximum absolute atomic E-state index is 11.4. The summed E-state index contributed by atoms with van der Waals surface area (Å²) in [5.74, 6) is -1.53. The summed E-state index contributed by atoms with van der Waals surface area (Å²) in [5.41, 5.74) is 0.732. The van der Waals surface area contributed by atoms with Crippen LogP contribution in [-0.4, -0.2) is 29.6 Å². The first kappa shape index (κ1) is 14.5. The summed E-state index contributed by atoms with van der Waals surface area (Å²) in [6, 6.07) is 7.04. The minimum Gasteiger partial charge on any atom is -0.392 e. The molecule has 1 atom stereocenters. The fraction of sp³-hybridized carbons (Fsp3) is 0.333. The Labute approximate surface area is 110 Å². The zero-order valence-electron chi connectivity index (χ0n) is 9.94. The Balaban J connectivity index is 2.42. The van der Waals surface area contributed by atoms with E-state index in [0.717, 1.165) is 5.56 Å². The average Bonchev–Trinajstić information content (AvgIpc) is 2.34. The molecule has 18 heavy (non-hydrogen) atoms. The average molecular weight is 271 g/mol. The molecule has 1 aromatic rings. The summed E-state index contributed by atoms with van der Waals surface area (Å²) in [6.45, 7) is 1.74. The minimum absolute atomic E-state index is 0.0400. The second-order valence-electron chi connectivity index (χ2n) is 3.83. The molecule has 0 aliphatic heterocycles. The number of aliphatic hydroxyl groups is 1. The molecule has 0 heterocycles. The minimum atomic E-state index is -0.775. The molecule has 1 rings (SSSR count). The molecular formula is C12H15ClN2O3. The number of hydrogen-bond donors (Lipinski definition) is 3. The van der Waals surface area contributed by atoms with Gasteiger partial charge in [0.25, 0.3) is 0 Å². The normalized spacial score (nSPS) is 11.7. The quantitative estimate of drug-likeness (QED) is 0.695. The van der Waals surface area contributed by atoms with E-state index in [1.54, 1.807) is 24.3 Å². The van der Waals surface area contributed by atoms with Crippen molar-refractivity contribution in [1.82, 2.24) is 10.6 Å². The summed E-state index contributed by atoms with van der Waals surface area (Å²) in [6.07, 6.45) is -0.690. The van der Waals surface area contributed by atoms with Gasteiger partial charge in [-0.2, -0.15) is 0 Å². The molecule has 0 aliphatic carbocycles.